The Morgan fingerprint density at radius 2 is 2.28 bits per heavy atom. The van der Waals surface area contributed by atoms with Crippen molar-refractivity contribution in [1.82, 2.24) is 4.98 Å². The third-order valence-electron chi connectivity index (χ3n) is 2.85. The molecule has 0 saturated heterocycles. The average Bonchev–Trinajstić information content (AvgIpc) is 2.36. The SMILES string of the molecule is C=Cc1ccncc1OCC(=O)[N+](C)(C)CCC. The van der Waals surface area contributed by atoms with Crippen molar-refractivity contribution in [3.05, 3.63) is 30.6 Å². The molecule has 4 heteroatoms. The zero-order valence-electron chi connectivity index (χ0n) is 11.3. The van der Waals surface area contributed by atoms with Gasteiger partial charge >= 0.3 is 5.91 Å². The van der Waals surface area contributed by atoms with Crippen molar-refractivity contribution in [2.24, 2.45) is 0 Å². The van der Waals surface area contributed by atoms with Gasteiger partial charge < -0.3 is 4.74 Å². The van der Waals surface area contributed by atoms with E-state index < -0.39 is 0 Å². The Morgan fingerprint density at radius 1 is 1.56 bits per heavy atom. The van der Waals surface area contributed by atoms with Gasteiger partial charge in [-0.3, -0.25) is 9.47 Å². The summed E-state index contributed by atoms with van der Waals surface area (Å²) in [6.07, 6.45) is 5.92. The van der Waals surface area contributed by atoms with E-state index >= 15 is 0 Å². The van der Waals surface area contributed by atoms with Gasteiger partial charge in [-0.05, 0) is 12.5 Å². The number of carbonyl (C=O) groups excluding carboxylic acids is 1. The second kappa shape index (κ2) is 6.31. The second-order valence-corrected chi connectivity index (χ2v) is 4.71. The Balaban J connectivity index is 2.65. The molecule has 0 aromatic carbocycles. The molecule has 98 valence electrons. The van der Waals surface area contributed by atoms with Gasteiger partial charge in [0.2, 0.25) is 6.61 Å². The second-order valence-electron chi connectivity index (χ2n) is 4.71. The number of carbonyl (C=O) groups is 1. The predicted molar refractivity (Wildman–Crippen MR) is 72.1 cm³/mol. The Morgan fingerprint density at radius 3 is 2.89 bits per heavy atom. The first-order chi connectivity index (χ1) is 8.51. The molecule has 0 bridgehead atoms. The smallest absolute Gasteiger partial charge is 0.350 e. The summed E-state index contributed by atoms with van der Waals surface area (Å²) in [7, 11) is 3.79. The molecule has 0 saturated carbocycles. The van der Waals surface area contributed by atoms with Gasteiger partial charge in [0.1, 0.15) is 5.75 Å². The third kappa shape index (κ3) is 3.67. The molecule has 1 amide bonds. The van der Waals surface area contributed by atoms with Crippen LogP contribution in [0.15, 0.2) is 25.0 Å². The molecule has 1 aromatic heterocycles. The van der Waals surface area contributed by atoms with Crippen molar-refractivity contribution < 1.29 is 14.0 Å². The Hall–Kier alpha value is -1.68. The number of rotatable bonds is 6. The van der Waals surface area contributed by atoms with Gasteiger partial charge in [0, 0.05) is 11.8 Å². The van der Waals surface area contributed by atoms with Gasteiger partial charge in [0.15, 0.2) is 0 Å². The maximum atomic E-state index is 12.0. The Kier molecular flexibility index (Phi) is 5.04. The van der Waals surface area contributed by atoms with E-state index in [2.05, 4.69) is 18.5 Å². The number of pyridine rings is 1. The summed E-state index contributed by atoms with van der Waals surface area (Å²) < 4.78 is 5.86. The molecule has 0 atom stereocenters. The number of hydrogen-bond acceptors (Lipinski definition) is 3. The van der Waals surface area contributed by atoms with Crippen LogP contribution in [0.5, 0.6) is 5.75 Å². The van der Waals surface area contributed by atoms with Crippen LogP contribution in [0.2, 0.25) is 0 Å². The molecular weight excluding hydrogens is 228 g/mol. The fourth-order valence-electron chi connectivity index (χ4n) is 1.68. The number of likely N-dealkylation sites (N-methyl/N-ethyl adjacent to an activating group) is 1. The van der Waals surface area contributed by atoms with E-state index in [1.54, 1.807) is 24.5 Å². The molecule has 0 N–H and O–H groups in total. The maximum Gasteiger partial charge on any atom is 0.350 e. The summed E-state index contributed by atoms with van der Waals surface area (Å²) in [5.74, 6) is 0.646. The molecule has 0 spiro atoms. The molecular formula is C14H21N2O2+. The lowest BCUT2D eigenvalue weighted by Gasteiger charge is -2.26. The first-order valence-electron chi connectivity index (χ1n) is 6.07. The number of hydrogen-bond donors (Lipinski definition) is 0. The minimum Gasteiger partial charge on any atom is -0.477 e. The monoisotopic (exact) mass is 249 g/mol. The molecule has 1 aromatic rings. The largest absolute Gasteiger partial charge is 0.477 e. The molecule has 18 heavy (non-hydrogen) atoms. The summed E-state index contributed by atoms with van der Waals surface area (Å²) >= 11 is 0. The molecule has 0 fully saturated rings. The van der Waals surface area contributed by atoms with Crippen LogP contribution in [0.4, 0.5) is 0 Å². The first kappa shape index (κ1) is 14.4. The van der Waals surface area contributed by atoms with Crippen LogP contribution in [0.25, 0.3) is 6.08 Å². The molecule has 0 radical (unpaired) electrons. The van der Waals surface area contributed by atoms with Gasteiger partial charge in [-0.25, -0.2) is 4.79 Å². The summed E-state index contributed by atoms with van der Waals surface area (Å²) in [5.41, 5.74) is 0.846. The third-order valence-corrected chi connectivity index (χ3v) is 2.85. The highest BCUT2D eigenvalue weighted by Crippen LogP contribution is 2.17. The van der Waals surface area contributed by atoms with E-state index in [0.717, 1.165) is 18.5 Å². The zero-order valence-corrected chi connectivity index (χ0v) is 11.3. The molecule has 1 heterocycles. The highest BCUT2D eigenvalue weighted by atomic mass is 16.5. The fraction of sp³-hybridized carbons (Fsp3) is 0.429. The van der Waals surface area contributed by atoms with Gasteiger partial charge in [-0.2, -0.15) is 0 Å². The van der Waals surface area contributed by atoms with Crippen molar-refractivity contribution >= 4 is 12.0 Å². The number of nitrogens with zero attached hydrogens (tertiary/aromatic N) is 2. The standard InChI is InChI=1S/C14H21N2O2/c1-5-9-16(3,4)14(17)11-18-13-10-15-8-7-12(13)6-2/h6-8,10H,2,5,9,11H2,1,3-4H3/q+1. The lowest BCUT2D eigenvalue weighted by atomic mass is 10.2. The van der Waals surface area contributed by atoms with Crippen LogP contribution in [-0.2, 0) is 4.79 Å². The van der Waals surface area contributed by atoms with Crippen LogP contribution in [0, 0.1) is 0 Å². The lowest BCUT2D eigenvalue weighted by Crippen LogP contribution is -2.48. The first-order valence-corrected chi connectivity index (χ1v) is 6.07. The molecule has 0 aliphatic heterocycles. The minimum absolute atomic E-state index is 0.0516. The summed E-state index contributed by atoms with van der Waals surface area (Å²) in [6, 6.07) is 1.80. The van der Waals surface area contributed by atoms with Crippen LogP contribution < -0.4 is 4.74 Å². The van der Waals surface area contributed by atoms with E-state index in [1.807, 2.05) is 14.1 Å². The van der Waals surface area contributed by atoms with E-state index in [4.69, 9.17) is 4.74 Å². The van der Waals surface area contributed by atoms with Crippen molar-refractivity contribution in [2.75, 3.05) is 27.2 Å². The van der Waals surface area contributed by atoms with Crippen LogP contribution >= 0.6 is 0 Å². The normalized spacial score (nSPS) is 11.1. The van der Waals surface area contributed by atoms with Gasteiger partial charge in [-0.15, -0.1) is 0 Å². The van der Waals surface area contributed by atoms with Crippen molar-refractivity contribution in [2.45, 2.75) is 13.3 Å². The number of amides is 1. The molecule has 0 aliphatic rings. The van der Waals surface area contributed by atoms with Crippen molar-refractivity contribution in [1.29, 1.82) is 0 Å². The van der Waals surface area contributed by atoms with Gasteiger partial charge in [0.25, 0.3) is 0 Å². The maximum absolute atomic E-state index is 12.0. The Bertz CT molecular complexity index is 428. The summed E-state index contributed by atoms with van der Waals surface area (Å²) in [5, 5.41) is 0. The molecule has 4 nitrogen and oxygen atoms in total. The van der Waals surface area contributed by atoms with Crippen LogP contribution in [0.3, 0.4) is 0 Å². The van der Waals surface area contributed by atoms with Crippen molar-refractivity contribution in [3.63, 3.8) is 0 Å². The van der Waals surface area contributed by atoms with Gasteiger partial charge in [0.05, 0.1) is 26.8 Å². The number of aromatic nitrogens is 1. The fourth-order valence-corrected chi connectivity index (χ4v) is 1.68. The van der Waals surface area contributed by atoms with Gasteiger partial charge in [-0.1, -0.05) is 19.6 Å². The topological polar surface area (TPSA) is 39.2 Å². The molecule has 0 unspecified atom stereocenters. The van der Waals surface area contributed by atoms with E-state index in [1.165, 1.54) is 0 Å². The van der Waals surface area contributed by atoms with Crippen LogP contribution in [0.1, 0.15) is 18.9 Å². The van der Waals surface area contributed by atoms with E-state index in [9.17, 15) is 4.79 Å². The number of ether oxygens (including phenoxy) is 1. The predicted octanol–water partition coefficient (Wildman–Crippen LogP) is 2.12. The van der Waals surface area contributed by atoms with Crippen molar-refractivity contribution in [3.8, 4) is 5.75 Å². The quantitative estimate of drug-likeness (QED) is 0.725. The molecule has 0 aliphatic carbocycles. The van der Waals surface area contributed by atoms with E-state index in [-0.39, 0.29) is 12.5 Å². The summed E-state index contributed by atoms with van der Waals surface area (Å²) in [6.45, 7) is 6.63. The zero-order chi connectivity index (χ0) is 13.6. The highest BCUT2D eigenvalue weighted by Gasteiger charge is 2.25. The Labute approximate surface area is 108 Å². The average molecular weight is 249 g/mol. The minimum atomic E-state index is 0.0516. The highest BCUT2D eigenvalue weighted by molar-refractivity contribution is 5.70. The molecule has 1 rings (SSSR count). The number of quaternary nitrogens is 1. The lowest BCUT2D eigenvalue weighted by molar-refractivity contribution is -0.814. The summed E-state index contributed by atoms with van der Waals surface area (Å²) in [4.78, 5) is 16.0. The van der Waals surface area contributed by atoms with Crippen LogP contribution in [-0.4, -0.2) is 42.6 Å². The van der Waals surface area contributed by atoms with E-state index in [0.29, 0.717) is 10.2 Å².